The second-order valence-electron chi connectivity index (χ2n) is 7.19. The van der Waals surface area contributed by atoms with E-state index in [0.717, 1.165) is 10.4 Å². The molecule has 3 aromatic rings. The van der Waals surface area contributed by atoms with Crippen molar-refractivity contribution in [3.8, 4) is 0 Å². The maximum absolute atomic E-state index is 13.0. The van der Waals surface area contributed by atoms with Crippen molar-refractivity contribution in [3.63, 3.8) is 0 Å². The molecule has 0 spiro atoms. The second kappa shape index (κ2) is 9.19. The van der Waals surface area contributed by atoms with E-state index >= 15 is 0 Å². The van der Waals surface area contributed by atoms with Crippen molar-refractivity contribution in [1.29, 1.82) is 0 Å². The van der Waals surface area contributed by atoms with Gasteiger partial charge in [-0.15, -0.1) is 16.4 Å². The lowest BCUT2D eigenvalue weighted by molar-refractivity contribution is -0.125. The fourth-order valence-electron chi connectivity index (χ4n) is 3.69. The fourth-order valence-corrected chi connectivity index (χ4v) is 4.34. The first-order valence-electron chi connectivity index (χ1n) is 9.72. The third-order valence-electron chi connectivity index (χ3n) is 5.21. The third-order valence-corrected chi connectivity index (χ3v) is 6.08. The number of amides is 1. The number of benzene rings is 1. The zero-order chi connectivity index (χ0) is 20.9. The van der Waals surface area contributed by atoms with Gasteiger partial charge in [0.1, 0.15) is 0 Å². The molecular formula is C21H23N5O3S. The lowest BCUT2D eigenvalue weighted by Crippen LogP contribution is -2.42. The molecule has 1 saturated heterocycles. The van der Waals surface area contributed by atoms with Crippen LogP contribution in [0, 0.1) is 0 Å². The van der Waals surface area contributed by atoms with Crippen molar-refractivity contribution in [2.75, 3.05) is 13.7 Å². The van der Waals surface area contributed by atoms with Crippen molar-refractivity contribution >= 4 is 23.2 Å². The molecule has 1 N–H and O–H groups in total. The smallest absolute Gasteiger partial charge is 0.360 e. The largest absolute Gasteiger partial charge is 0.464 e. The van der Waals surface area contributed by atoms with Gasteiger partial charge in [-0.3, -0.25) is 9.69 Å². The van der Waals surface area contributed by atoms with Gasteiger partial charge in [-0.25, -0.2) is 9.48 Å². The van der Waals surface area contributed by atoms with Crippen molar-refractivity contribution in [3.05, 3.63) is 70.2 Å². The van der Waals surface area contributed by atoms with Crippen LogP contribution in [0.2, 0.25) is 0 Å². The van der Waals surface area contributed by atoms with E-state index < -0.39 is 5.97 Å². The first kappa shape index (κ1) is 20.2. The monoisotopic (exact) mass is 425 g/mol. The minimum atomic E-state index is -0.523. The van der Waals surface area contributed by atoms with Gasteiger partial charge in [0.2, 0.25) is 5.91 Å². The van der Waals surface area contributed by atoms with Gasteiger partial charge in [-0.05, 0) is 23.4 Å². The summed E-state index contributed by atoms with van der Waals surface area (Å²) in [6.45, 7) is 1.82. The summed E-state index contributed by atoms with van der Waals surface area (Å²) < 4.78 is 6.37. The highest BCUT2D eigenvalue weighted by atomic mass is 32.1. The molecule has 1 aliphatic rings. The zero-order valence-electron chi connectivity index (χ0n) is 16.6. The minimum absolute atomic E-state index is 0.00450. The topological polar surface area (TPSA) is 89.4 Å². The molecule has 4 rings (SSSR count). The molecule has 156 valence electrons. The number of methoxy groups -OCH3 is 1. The van der Waals surface area contributed by atoms with Gasteiger partial charge in [0.15, 0.2) is 5.69 Å². The van der Waals surface area contributed by atoms with Gasteiger partial charge >= 0.3 is 5.97 Å². The number of aromatic nitrogens is 3. The van der Waals surface area contributed by atoms with Crippen LogP contribution in [0.4, 0.5) is 0 Å². The number of rotatable bonds is 7. The summed E-state index contributed by atoms with van der Waals surface area (Å²) >= 11 is 1.62. The molecule has 1 amide bonds. The molecule has 1 aromatic carbocycles. The predicted octanol–water partition coefficient (Wildman–Crippen LogP) is 2.26. The van der Waals surface area contributed by atoms with Crippen LogP contribution in [-0.4, -0.2) is 51.5 Å². The van der Waals surface area contributed by atoms with Gasteiger partial charge < -0.3 is 10.1 Å². The summed E-state index contributed by atoms with van der Waals surface area (Å²) in [7, 11) is 1.31. The summed E-state index contributed by atoms with van der Waals surface area (Å²) in [4.78, 5) is 28.0. The SMILES string of the molecule is COC(=O)c1cn([C@@H]2C[C@@H](C(=O)NCc3cccs3)N(Cc3ccccc3)C2)nn1. The Balaban J connectivity index is 1.49. The second-order valence-corrected chi connectivity index (χ2v) is 8.23. The molecular weight excluding hydrogens is 402 g/mol. The molecule has 9 heteroatoms. The van der Waals surface area contributed by atoms with E-state index in [-0.39, 0.29) is 23.7 Å². The maximum Gasteiger partial charge on any atom is 0.360 e. The summed E-state index contributed by atoms with van der Waals surface area (Å²) in [5.41, 5.74) is 1.31. The Morgan fingerprint density at radius 2 is 2.07 bits per heavy atom. The summed E-state index contributed by atoms with van der Waals surface area (Å²) in [6, 6.07) is 13.7. The Bertz CT molecular complexity index is 989. The molecule has 3 heterocycles. The molecule has 2 aromatic heterocycles. The quantitative estimate of drug-likeness (QED) is 0.584. The Labute approximate surface area is 178 Å². The van der Waals surface area contributed by atoms with Crippen molar-refractivity contribution in [2.45, 2.75) is 31.6 Å². The Morgan fingerprint density at radius 1 is 1.23 bits per heavy atom. The molecule has 0 unspecified atom stereocenters. The first-order valence-corrected chi connectivity index (χ1v) is 10.6. The fraction of sp³-hybridized carbons (Fsp3) is 0.333. The van der Waals surface area contributed by atoms with Gasteiger partial charge in [-0.2, -0.15) is 0 Å². The third kappa shape index (κ3) is 4.58. The molecule has 30 heavy (non-hydrogen) atoms. The van der Waals surface area contributed by atoms with Crippen LogP contribution in [0.5, 0.6) is 0 Å². The van der Waals surface area contributed by atoms with Crippen LogP contribution in [0.15, 0.2) is 54.0 Å². The standard InChI is InChI=1S/C21H23N5O3S/c1-29-21(28)18-14-26(24-23-18)16-10-19(20(27)22-11-17-8-5-9-30-17)25(13-16)12-15-6-3-2-4-7-15/h2-9,14,16,19H,10-13H2,1H3,(H,22,27)/t16-,19+/m1/s1. The van der Waals surface area contributed by atoms with E-state index in [9.17, 15) is 9.59 Å². The number of ether oxygens (including phenoxy) is 1. The minimum Gasteiger partial charge on any atom is -0.464 e. The molecule has 2 atom stereocenters. The lowest BCUT2D eigenvalue weighted by Gasteiger charge is -2.23. The van der Waals surface area contributed by atoms with E-state index in [1.54, 1.807) is 22.2 Å². The van der Waals surface area contributed by atoms with Crippen LogP contribution in [-0.2, 0) is 22.6 Å². The number of thiophene rings is 1. The van der Waals surface area contributed by atoms with Crippen molar-refractivity contribution < 1.29 is 14.3 Å². The number of nitrogens with zero attached hydrogens (tertiary/aromatic N) is 4. The predicted molar refractivity (Wildman–Crippen MR) is 112 cm³/mol. The number of esters is 1. The molecule has 0 aliphatic carbocycles. The van der Waals surface area contributed by atoms with E-state index in [2.05, 4.69) is 32.7 Å². The Morgan fingerprint density at radius 3 is 2.80 bits per heavy atom. The molecule has 0 saturated carbocycles. The molecule has 0 radical (unpaired) electrons. The van der Waals surface area contributed by atoms with E-state index in [0.29, 0.717) is 26.1 Å². The van der Waals surface area contributed by atoms with Crippen molar-refractivity contribution in [1.82, 2.24) is 25.2 Å². The highest BCUT2D eigenvalue weighted by molar-refractivity contribution is 7.09. The average Bonchev–Trinajstić information content (AvgIpc) is 3.52. The van der Waals surface area contributed by atoms with E-state index in [4.69, 9.17) is 4.74 Å². The number of hydrogen-bond acceptors (Lipinski definition) is 7. The Kier molecular flexibility index (Phi) is 6.20. The molecule has 8 nitrogen and oxygen atoms in total. The number of carbonyl (C=O) groups is 2. The number of nitrogens with one attached hydrogen (secondary N) is 1. The highest BCUT2D eigenvalue weighted by Crippen LogP contribution is 2.29. The molecule has 1 aliphatic heterocycles. The number of hydrogen-bond donors (Lipinski definition) is 1. The highest BCUT2D eigenvalue weighted by Gasteiger charge is 2.38. The average molecular weight is 426 g/mol. The molecule has 1 fully saturated rings. The van der Waals surface area contributed by atoms with E-state index in [1.807, 2.05) is 35.7 Å². The number of likely N-dealkylation sites (tertiary alicyclic amines) is 1. The first-order chi connectivity index (χ1) is 14.6. The summed E-state index contributed by atoms with van der Waals surface area (Å²) in [6.07, 6.45) is 2.18. The lowest BCUT2D eigenvalue weighted by atomic mass is 10.1. The van der Waals surface area contributed by atoms with Gasteiger partial charge in [0.25, 0.3) is 0 Å². The van der Waals surface area contributed by atoms with Gasteiger partial charge in [-0.1, -0.05) is 41.6 Å². The van der Waals surface area contributed by atoms with Crippen LogP contribution in [0.1, 0.15) is 33.4 Å². The van der Waals surface area contributed by atoms with Crippen molar-refractivity contribution in [2.24, 2.45) is 0 Å². The van der Waals surface area contributed by atoms with Crippen LogP contribution in [0.25, 0.3) is 0 Å². The summed E-state index contributed by atoms with van der Waals surface area (Å²) in [5.74, 6) is -0.527. The maximum atomic E-state index is 13.0. The molecule has 0 bridgehead atoms. The summed E-state index contributed by atoms with van der Waals surface area (Å²) in [5, 5.41) is 13.1. The van der Waals surface area contributed by atoms with Crippen LogP contribution < -0.4 is 5.32 Å². The van der Waals surface area contributed by atoms with Crippen LogP contribution in [0.3, 0.4) is 0 Å². The van der Waals surface area contributed by atoms with Gasteiger partial charge in [0.05, 0.1) is 31.9 Å². The van der Waals surface area contributed by atoms with Crippen LogP contribution >= 0.6 is 11.3 Å². The number of carbonyl (C=O) groups excluding carboxylic acids is 2. The zero-order valence-corrected chi connectivity index (χ0v) is 17.4. The van der Waals surface area contributed by atoms with E-state index in [1.165, 1.54) is 7.11 Å². The normalized spacial score (nSPS) is 19.0. The Hall–Kier alpha value is -3.04. The van der Waals surface area contributed by atoms with Gasteiger partial charge in [0, 0.05) is 18.0 Å².